The lowest BCUT2D eigenvalue weighted by Gasteiger charge is -2.19. The van der Waals surface area contributed by atoms with Crippen molar-refractivity contribution in [3.05, 3.63) is 59.7 Å². The van der Waals surface area contributed by atoms with Crippen LogP contribution in [0.3, 0.4) is 0 Å². The largest absolute Gasteiger partial charge is 0.493 e. The van der Waals surface area contributed by atoms with Gasteiger partial charge in [-0.15, -0.1) is 0 Å². The van der Waals surface area contributed by atoms with Crippen LogP contribution in [0.1, 0.15) is 35.9 Å². The van der Waals surface area contributed by atoms with Crippen molar-refractivity contribution >= 4 is 0 Å². The number of hydrogen-bond donors (Lipinski definition) is 1. The lowest BCUT2D eigenvalue weighted by molar-refractivity contribution is 0.301. The van der Waals surface area contributed by atoms with Crippen LogP contribution in [-0.2, 0) is 0 Å². The molecule has 3 nitrogen and oxygen atoms in total. The molecular formula is C18H19NO2. The minimum absolute atomic E-state index is 0.0728. The smallest absolute Gasteiger partial charge is 0.122 e. The molecule has 4 rings (SSSR count). The third-order valence-electron chi connectivity index (χ3n) is 4.24. The fraction of sp³-hybridized carbons (Fsp3) is 0.333. The van der Waals surface area contributed by atoms with Crippen molar-refractivity contribution < 1.29 is 9.47 Å². The van der Waals surface area contributed by atoms with Gasteiger partial charge in [-0.05, 0) is 36.6 Å². The van der Waals surface area contributed by atoms with Gasteiger partial charge in [0.2, 0.25) is 0 Å². The minimum Gasteiger partial charge on any atom is -0.493 e. The highest BCUT2D eigenvalue weighted by Gasteiger charge is 2.30. The molecule has 2 aromatic carbocycles. The molecule has 3 heteroatoms. The molecular weight excluding hydrogens is 262 g/mol. The number of para-hydroxylation sites is 1. The second-order valence-electron chi connectivity index (χ2n) is 5.87. The molecule has 1 fully saturated rings. The van der Waals surface area contributed by atoms with Gasteiger partial charge in [-0.2, -0.15) is 0 Å². The van der Waals surface area contributed by atoms with Crippen LogP contribution in [0.4, 0.5) is 0 Å². The van der Waals surface area contributed by atoms with E-state index >= 15 is 0 Å². The van der Waals surface area contributed by atoms with Crippen molar-refractivity contribution in [3.8, 4) is 11.5 Å². The fourth-order valence-electron chi connectivity index (χ4n) is 2.89. The Labute approximate surface area is 124 Å². The first-order valence-electron chi connectivity index (χ1n) is 7.55. The standard InChI is InChI=1S/C18H19NO2/c19-18(16-11-20-17-7-2-1-6-15(16)17)12-4-3-5-14(10-12)21-13-8-9-13/h1-7,10,13,16,18H,8-9,11,19H2. The summed E-state index contributed by atoms with van der Waals surface area (Å²) in [7, 11) is 0. The quantitative estimate of drug-likeness (QED) is 0.934. The maximum Gasteiger partial charge on any atom is 0.122 e. The monoisotopic (exact) mass is 281 g/mol. The SMILES string of the molecule is NC(c1cccc(OC2CC2)c1)C1COc2ccccc21. The lowest BCUT2D eigenvalue weighted by Crippen LogP contribution is -2.21. The molecule has 1 aliphatic heterocycles. The van der Waals surface area contributed by atoms with E-state index in [4.69, 9.17) is 15.2 Å². The highest BCUT2D eigenvalue weighted by atomic mass is 16.5. The first-order chi connectivity index (χ1) is 10.3. The van der Waals surface area contributed by atoms with Crippen molar-refractivity contribution in [3.63, 3.8) is 0 Å². The number of fused-ring (bicyclic) bond motifs is 1. The van der Waals surface area contributed by atoms with Gasteiger partial charge in [0.15, 0.2) is 0 Å². The van der Waals surface area contributed by atoms with E-state index in [0.717, 1.165) is 17.1 Å². The van der Waals surface area contributed by atoms with E-state index in [0.29, 0.717) is 12.7 Å². The molecule has 21 heavy (non-hydrogen) atoms. The van der Waals surface area contributed by atoms with Crippen LogP contribution in [0.5, 0.6) is 11.5 Å². The van der Waals surface area contributed by atoms with Crippen molar-refractivity contribution in [2.24, 2.45) is 5.73 Å². The molecule has 2 N–H and O–H groups in total. The van der Waals surface area contributed by atoms with Crippen molar-refractivity contribution in [1.82, 2.24) is 0 Å². The molecule has 108 valence electrons. The normalized spacial score (nSPS) is 21.5. The van der Waals surface area contributed by atoms with Crippen molar-refractivity contribution in [2.45, 2.75) is 30.9 Å². The van der Waals surface area contributed by atoms with Gasteiger partial charge in [-0.3, -0.25) is 0 Å². The fourth-order valence-corrected chi connectivity index (χ4v) is 2.89. The predicted octanol–water partition coefficient (Wildman–Crippen LogP) is 3.40. The molecule has 1 heterocycles. The Morgan fingerprint density at radius 1 is 1.10 bits per heavy atom. The zero-order valence-corrected chi connectivity index (χ0v) is 11.9. The Balaban J connectivity index is 1.58. The number of hydrogen-bond acceptors (Lipinski definition) is 3. The van der Waals surface area contributed by atoms with Gasteiger partial charge in [0.05, 0.1) is 12.7 Å². The maximum atomic E-state index is 6.49. The molecule has 0 saturated heterocycles. The number of ether oxygens (including phenoxy) is 2. The van der Waals surface area contributed by atoms with Gasteiger partial charge >= 0.3 is 0 Å². The molecule has 2 unspecified atom stereocenters. The van der Waals surface area contributed by atoms with Gasteiger partial charge in [0.1, 0.15) is 11.5 Å². The summed E-state index contributed by atoms with van der Waals surface area (Å²) in [5.41, 5.74) is 8.81. The first-order valence-corrected chi connectivity index (χ1v) is 7.55. The zero-order valence-electron chi connectivity index (χ0n) is 11.9. The summed E-state index contributed by atoms with van der Waals surface area (Å²) in [6.07, 6.45) is 2.74. The Hall–Kier alpha value is -2.00. The Kier molecular flexibility index (Phi) is 3.08. The first kappa shape index (κ1) is 12.7. The molecule has 1 saturated carbocycles. The van der Waals surface area contributed by atoms with Gasteiger partial charge in [0, 0.05) is 17.5 Å². The van der Waals surface area contributed by atoms with E-state index in [1.165, 1.54) is 18.4 Å². The summed E-state index contributed by atoms with van der Waals surface area (Å²) < 4.78 is 11.6. The average molecular weight is 281 g/mol. The molecule has 0 aromatic heterocycles. The number of benzene rings is 2. The van der Waals surface area contributed by atoms with Gasteiger partial charge < -0.3 is 15.2 Å². The highest BCUT2D eigenvalue weighted by Crippen LogP contribution is 2.40. The summed E-state index contributed by atoms with van der Waals surface area (Å²) in [5.74, 6) is 2.10. The Morgan fingerprint density at radius 2 is 1.95 bits per heavy atom. The van der Waals surface area contributed by atoms with Crippen LogP contribution in [0, 0.1) is 0 Å². The molecule has 0 radical (unpaired) electrons. The molecule has 2 atom stereocenters. The molecule has 0 amide bonds. The third-order valence-corrected chi connectivity index (χ3v) is 4.24. The highest BCUT2D eigenvalue weighted by molar-refractivity contribution is 5.43. The van der Waals surface area contributed by atoms with Crippen LogP contribution in [0.15, 0.2) is 48.5 Å². The third kappa shape index (κ3) is 2.49. The molecule has 0 bridgehead atoms. The summed E-state index contributed by atoms with van der Waals surface area (Å²) in [6, 6.07) is 16.3. The van der Waals surface area contributed by atoms with Crippen LogP contribution in [-0.4, -0.2) is 12.7 Å². The zero-order chi connectivity index (χ0) is 14.2. The van der Waals surface area contributed by atoms with E-state index < -0.39 is 0 Å². The van der Waals surface area contributed by atoms with Crippen LogP contribution in [0.2, 0.25) is 0 Å². The summed E-state index contributed by atoms with van der Waals surface area (Å²) in [4.78, 5) is 0. The van der Waals surface area contributed by atoms with Crippen molar-refractivity contribution in [2.75, 3.05) is 6.61 Å². The second kappa shape index (κ2) is 5.08. The van der Waals surface area contributed by atoms with E-state index in [-0.39, 0.29) is 12.0 Å². The van der Waals surface area contributed by atoms with E-state index in [9.17, 15) is 0 Å². The van der Waals surface area contributed by atoms with Gasteiger partial charge in [-0.1, -0.05) is 30.3 Å². The number of nitrogens with two attached hydrogens (primary N) is 1. The summed E-state index contributed by atoms with van der Waals surface area (Å²) in [5, 5.41) is 0. The van der Waals surface area contributed by atoms with Crippen LogP contribution < -0.4 is 15.2 Å². The summed E-state index contributed by atoms with van der Waals surface area (Å²) >= 11 is 0. The van der Waals surface area contributed by atoms with Gasteiger partial charge in [-0.25, -0.2) is 0 Å². The Bertz CT molecular complexity index is 651. The van der Waals surface area contributed by atoms with E-state index in [2.05, 4.69) is 18.2 Å². The van der Waals surface area contributed by atoms with Crippen LogP contribution >= 0.6 is 0 Å². The van der Waals surface area contributed by atoms with Crippen LogP contribution in [0.25, 0.3) is 0 Å². The van der Waals surface area contributed by atoms with Crippen molar-refractivity contribution in [1.29, 1.82) is 0 Å². The molecule has 2 aliphatic rings. The molecule has 0 spiro atoms. The maximum absolute atomic E-state index is 6.49. The minimum atomic E-state index is -0.0728. The van der Waals surface area contributed by atoms with Gasteiger partial charge in [0.25, 0.3) is 0 Å². The summed E-state index contributed by atoms with van der Waals surface area (Å²) in [6.45, 7) is 0.647. The average Bonchev–Trinajstić information content (AvgIpc) is 3.23. The Morgan fingerprint density at radius 3 is 2.81 bits per heavy atom. The molecule has 1 aliphatic carbocycles. The van der Waals surface area contributed by atoms with E-state index in [1.54, 1.807) is 0 Å². The lowest BCUT2D eigenvalue weighted by atomic mass is 9.89. The second-order valence-corrected chi connectivity index (χ2v) is 5.87. The topological polar surface area (TPSA) is 44.5 Å². The predicted molar refractivity (Wildman–Crippen MR) is 81.7 cm³/mol. The number of rotatable bonds is 4. The van der Waals surface area contributed by atoms with E-state index in [1.807, 2.05) is 30.3 Å². The molecule has 2 aromatic rings.